The Morgan fingerprint density at radius 1 is 1.09 bits per heavy atom. The largest absolute Gasteiger partial charge is 0.353 e. The Morgan fingerprint density at radius 2 is 1.88 bits per heavy atom. The molecule has 0 unspecified atom stereocenters. The maximum atomic E-state index is 12.4. The number of aryl methyl sites for hydroxylation is 1. The van der Waals surface area contributed by atoms with Gasteiger partial charge >= 0.3 is 0 Å². The molecule has 5 rings (SSSR count). The molecule has 1 N–H and O–H groups in total. The zero-order chi connectivity index (χ0) is 22.2. The Kier molecular flexibility index (Phi) is 5.65. The third-order valence-electron chi connectivity index (χ3n) is 5.94. The van der Waals surface area contributed by atoms with Crippen LogP contribution < -0.4 is 10.5 Å². The Bertz CT molecular complexity index is 1320. The molecule has 32 heavy (non-hydrogen) atoms. The minimum absolute atomic E-state index is 0.0711. The van der Waals surface area contributed by atoms with E-state index in [1.54, 1.807) is 11.3 Å². The molecule has 1 saturated heterocycles. The number of hydrogen-bond donors (Lipinski definition) is 1. The Morgan fingerprint density at radius 3 is 2.66 bits per heavy atom. The average molecular weight is 449 g/mol. The highest BCUT2D eigenvalue weighted by Crippen LogP contribution is 2.34. The highest BCUT2D eigenvalue weighted by Gasteiger charge is 2.23. The SMILES string of the molecule is Cc1nc(N2CCN(Cc3nc4ccccc4c(=O)[nH]3)CC2)c2c(CC(C)C)csc2n1. The van der Waals surface area contributed by atoms with Gasteiger partial charge in [-0.05, 0) is 42.3 Å². The monoisotopic (exact) mass is 448 g/mol. The lowest BCUT2D eigenvalue weighted by Crippen LogP contribution is -2.46. The average Bonchev–Trinajstić information content (AvgIpc) is 3.15. The molecular formula is C24H28N6OS. The van der Waals surface area contributed by atoms with E-state index in [1.165, 1.54) is 10.9 Å². The number of para-hydroxylation sites is 1. The van der Waals surface area contributed by atoms with E-state index in [0.29, 0.717) is 17.8 Å². The maximum absolute atomic E-state index is 12.4. The van der Waals surface area contributed by atoms with Crippen molar-refractivity contribution in [3.63, 3.8) is 0 Å². The molecule has 0 radical (unpaired) electrons. The summed E-state index contributed by atoms with van der Waals surface area (Å²) in [4.78, 5) is 35.4. The summed E-state index contributed by atoms with van der Waals surface area (Å²) in [5.41, 5.74) is 2.03. The summed E-state index contributed by atoms with van der Waals surface area (Å²) in [6.45, 7) is 10.7. The predicted molar refractivity (Wildman–Crippen MR) is 131 cm³/mol. The van der Waals surface area contributed by atoms with Crippen molar-refractivity contribution in [3.8, 4) is 0 Å². The number of benzene rings is 1. The van der Waals surface area contributed by atoms with Crippen LogP contribution in [-0.4, -0.2) is 51.0 Å². The summed E-state index contributed by atoms with van der Waals surface area (Å²) >= 11 is 1.72. The molecule has 0 aliphatic carbocycles. The van der Waals surface area contributed by atoms with Crippen molar-refractivity contribution in [1.82, 2.24) is 24.8 Å². The van der Waals surface area contributed by atoms with E-state index in [0.717, 1.165) is 60.4 Å². The number of thiophene rings is 1. The van der Waals surface area contributed by atoms with Crippen LogP contribution in [0.5, 0.6) is 0 Å². The second-order valence-electron chi connectivity index (χ2n) is 8.93. The molecule has 4 heterocycles. The minimum Gasteiger partial charge on any atom is -0.353 e. The molecule has 1 aliphatic heterocycles. The summed E-state index contributed by atoms with van der Waals surface area (Å²) in [5, 5.41) is 4.11. The molecule has 0 atom stereocenters. The fraction of sp³-hybridized carbons (Fsp3) is 0.417. The van der Waals surface area contributed by atoms with Gasteiger partial charge in [-0.15, -0.1) is 11.3 Å². The van der Waals surface area contributed by atoms with Crippen molar-refractivity contribution < 1.29 is 0 Å². The Labute approximate surface area is 191 Å². The number of fused-ring (bicyclic) bond motifs is 2. The number of piperazine rings is 1. The van der Waals surface area contributed by atoms with Crippen LogP contribution in [0.4, 0.5) is 5.82 Å². The smallest absolute Gasteiger partial charge is 0.258 e. The fourth-order valence-electron chi connectivity index (χ4n) is 4.44. The molecular weight excluding hydrogens is 420 g/mol. The number of anilines is 1. The number of nitrogens with one attached hydrogen (secondary N) is 1. The molecule has 8 heteroatoms. The number of H-pyrrole nitrogens is 1. The van der Waals surface area contributed by atoms with Gasteiger partial charge in [-0.2, -0.15) is 0 Å². The zero-order valence-electron chi connectivity index (χ0n) is 18.8. The molecule has 1 aliphatic rings. The molecule has 0 saturated carbocycles. The molecule has 0 spiro atoms. The first-order valence-electron chi connectivity index (χ1n) is 11.2. The number of aromatic amines is 1. The summed E-state index contributed by atoms with van der Waals surface area (Å²) in [7, 11) is 0. The van der Waals surface area contributed by atoms with Crippen LogP contribution in [-0.2, 0) is 13.0 Å². The Balaban J connectivity index is 1.34. The normalized spacial score (nSPS) is 15.3. The van der Waals surface area contributed by atoms with E-state index in [9.17, 15) is 4.79 Å². The molecule has 4 aromatic rings. The van der Waals surface area contributed by atoms with Crippen molar-refractivity contribution in [1.29, 1.82) is 0 Å². The van der Waals surface area contributed by atoms with E-state index in [1.807, 2.05) is 31.2 Å². The molecule has 0 bridgehead atoms. The molecule has 3 aromatic heterocycles. The number of aromatic nitrogens is 4. The molecule has 1 fully saturated rings. The summed E-state index contributed by atoms with van der Waals surface area (Å²) < 4.78 is 0. The third-order valence-corrected chi connectivity index (χ3v) is 6.86. The van der Waals surface area contributed by atoms with Gasteiger partial charge in [-0.1, -0.05) is 26.0 Å². The van der Waals surface area contributed by atoms with Crippen LogP contribution in [0.3, 0.4) is 0 Å². The van der Waals surface area contributed by atoms with Crippen molar-refractivity contribution in [3.05, 3.63) is 57.2 Å². The highest BCUT2D eigenvalue weighted by molar-refractivity contribution is 7.17. The second-order valence-corrected chi connectivity index (χ2v) is 9.78. The second kappa shape index (κ2) is 8.60. The lowest BCUT2D eigenvalue weighted by Gasteiger charge is -2.35. The molecule has 0 amide bonds. The molecule has 166 valence electrons. The third kappa shape index (κ3) is 4.12. The lowest BCUT2D eigenvalue weighted by atomic mass is 10.0. The number of nitrogens with zero attached hydrogens (tertiary/aromatic N) is 5. The van der Waals surface area contributed by atoms with E-state index >= 15 is 0 Å². The molecule has 1 aromatic carbocycles. The summed E-state index contributed by atoms with van der Waals surface area (Å²) in [6.07, 6.45) is 1.04. The van der Waals surface area contributed by atoms with Gasteiger partial charge in [-0.3, -0.25) is 9.69 Å². The molecule has 7 nitrogen and oxygen atoms in total. The van der Waals surface area contributed by atoms with Crippen LogP contribution in [0.15, 0.2) is 34.4 Å². The van der Waals surface area contributed by atoms with E-state index < -0.39 is 0 Å². The van der Waals surface area contributed by atoms with Gasteiger partial charge in [0, 0.05) is 26.2 Å². The number of hydrogen-bond acceptors (Lipinski definition) is 7. The van der Waals surface area contributed by atoms with Gasteiger partial charge in [0.1, 0.15) is 22.3 Å². The van der Waals surface area contributed by atoms with E-state index in [4.69, 9.17) is 9.97 Å². The number of rotatable bonds is 5. The van der Waals surface area contributed by atoms with Gasteiger partial charge in [-0.25, -0.2) is 15.0 Å². The fourth-order valence-corrected chi connectivity index (χ4v) is 5.44. The zero-order valence-corrected chi connectivity index (χ0v) is 19.6. The Hall–Kier alpha value is -2.84. The maximum Gasteiger partial charge on any atom is 0.258 e. The van der Waals surface area contributed by atoms with E-state index in [-0.39, 0.29) is 5.56 Å². The first kappa shape index (κ1) is 21.0. The van der Waals surface area contributed by atoms with Crippen LogP contribution in [0.25, 0.3) is 21.1 Å². The lowest BCUT2D eigenvalue weighted by molar-refractivity contribution is 0.243. The standard InChI is InChI=1S/C24H28N6OS/c1-15(2)12-17-14-32-24-21(17)22(25-16(3)26-24)30-10-8-29(9-11-30)13-20-27-19-7-5-4-6-18(19)23(31)28-20/h4-7,14-15H,8-13H2,1-3H3,(H,27,28,31). The van der Waals surface area contributed by atoms with Crippen molar-refractivity contribution in [2.24, 2.45) is 5.92 Å². The quantitative estimate of drug-likeness (QED) is 0.501. The summed E-state index contributed by atoms with van der Waals surface area (Å²) in [5.74, 6) is 3.21. The van der Waals surface area contributed by atoms with Gasteiger partial charge in [0.05, 0.1) is 22.8 Å². The first-order chi connectivity index (χ1) is 15.5. The van der Waals surface area contributed by atoms with Gasteiger partial charge in [0.15, 0.2) is 0 Å². The van der Waals surface area contributed by atoms with Crippen LogP contribution in [0, 0.1) is 12.8 Å². The topological polar surface area (TPSA) is 78.0 Å². The minimum atomic E-state index is -0.0711. The van der Waals surface area contributed by atoms with Crippen molar-refractivity contribution in [2.45, 2.75) is 33.7 Å². The summed E-state index contributed by atoms with van der Waals surface area (Å²) in [6, 6.07) is 7.49. The van der Waals surface area contributed by atoms with Gasteiger partial charge in [0.2, 0.25) is 0 Å². The van der Waals surface area contributed by atoms with Crippen molar-refractivity contribution in [2.75, 3.05) is 31.1 Å². The van der Waals surface area contributed by atoms with Crippen LogP contribution >= 0.6 is 11.3 Å². The van der Waals surface area contributed by atoms with E-state index in [2.05, 4.69) is 39.0 Å². The highest BCUT2D eigenvalue weighted by atomic mass is 32.1. The first-order valence-corrected chi connectivity index (χ1v) is 12.1. The van der Waals surface area contributed by atoms with Crippen molar-refractivity contribution >= 4 is 38.3 Å². The van der Waals surface area contributed by atoms with Gasteiger partial charge < -0.3 is 9.88 Å². The van der Waals surface area contributed by atoms with Crippen LogP contribution in [0.1, 0.15) is 31.1 Å². The predicted octanol–water partition coefficient (Wildman–Crippen LogP) is 3.76. The van der Waals surface area contributed by atoms with Crippen LogP contribution in [0.2, 0.25) is 0 Å². The van der Waals surface area contributed by atoms with Gasteiger partial charge in [0.25, 0.3) is 5.56 Å².